The Hall–Kier alpha value is -3.35. The zero-order valence-corrected chi connectivity index (χ0v) is 19.5. The fourth-order valence-electron chi connectivity index (χ4n) is 3.57. The fraction of sp³-hybridized carbons (Fsp3) is 0.217. The SMILES string of the molecule is CCn1c(SCC(=O)Nc2c(C#N)c(C)c(C)n2-c2ccccc2)nc2ccsc2c1=O. The summed E-state index contributed by atoms with van der Waals surface area (Å²) in [5.41, 5.74) is 3.56. The number of rotatable bonds is 6. The lowest BCUT2D eigenvalue weighted by Gasteiger charge is -2.13. The van der Waals surface area contributed by atoms with E-state index in [0.29, 0.717) is 33.3 Å². The summed E-state index contributed by atoms with van der Waals surface area (Å²) < 4.78 is 4.08. The van der Waals surface area contributed by atoms with Crippen LogP contribution >= 0.6 is 23.1 Å². The number of carbonyl (C=O) groups excluding carboxylic acids is 1. The Morgan fingerprint density at radius 2 is 2.00 bits per heavy atom. The van der Waals surface area contributed by atoms with Gasteiger partial charge in [-0.2, -0.15) is 5.26 Å². The first kappa shape index (κ1) is 21.9. The van der Waals surface area contributed by atoms with Crippen molar-refractivity contribution in [2.75, 3.05) is 11.1 Å². The molecule has 1 N–H and O–H groups in total. The summed E-state index contributed by atoms with van der Waals surface area (Å²) in [6.45, 7) is 6.15. The van der Waals surface area contributed by atoms with Crippen LogP contribution in [0.5, 0.6) is 0 Å². The molecule has 0 atom stereocenters. The summed E-state index contributed by atoms with van der Waals surface area (Å²) in [6, 6.07) is 13.6. The van der Waals surface area contributed by atoms with E-state index in [0.717, 1.165) is 16.9 Å². The summed E-state index contributed by atoms with van der Waals surface area (Å²) in [5, 5.41) is 15.0. The molecule has 0 aliphatic rings. The highest BCUT2D eigenvalue weighted by Gasteiger charge is 2.21. The number of nitriles is 1. The third kappa shape index (κ3) is 3.83. The quantitative estimate of drug-likeness (QED) is 0.336. The minimum Gasteiger partial charge on any atom is -0.310 e. The highest BCUT2D eigenvalue weighted by molar-refractivity contribution is 7.99. The molecule has 3 heterocycles. The van der Waals surface area contributed by atoms with Gasteiger partial charge in [0.25, 0.3) is 5.56 Å². The molecule has 3 aromatic heterocycles. The average Bonchev–Trinajstić information content (AvgIpc) is 3.36. The second kappa shape index (κ2) is 9.02. The van der Waals surface area contributed by atoms with Crippen molar-refractivity contribution in [3.8, 4) is 11.8 Å². The maximum atomic E-state index is 12.9. The molecule has 7 nitrogen and oxygen atoms in total. The van der Waals surface area contributed by atoms with Crippen molar-refractivity contribution in [3.63, 3.8) is 0 Å². The van der Waals surface area contributed by atoms with Crippen molar-refractivity contribution >= 4 is 45.0 Å². The Morgan fingerprint density at radius 3 is 2.69 bits per heavy atom. The van der Waals surface area contributed by atoms with Crippen molar-refractivity contribution in [1.29, 1.82) is 5.26 Å². The van der Waals surface area contributed by atoms with Gasteiger partial charge in [0.05, 0.1) is 16.8 Å². The molecule has 0 aliphatic heterocycles. The van der Waals surface area contributed by atoms with Gasteiger partial charge < -0.3 is 5.32 Å². The number of fused-ring (bicyclic) bond motifs is 1. The van der Waals surface area contributed by atoms with Gasteiger partial charge in [-0.05, 0) is 49.9 Å². The molecule has 32 heavy (non-hydrogen) atoms. The van der Waals surface area contributed by atoms with Crippen molar-refractivity contribution in [3.05, 3.63) is 69.0 Å². The van der Waals surface area contributed by atoms with Crippen LogP contribution in [-0.4, -0.2) is 25.8 Å². The molecule has 1 aromatic carbocycles. The van der Waals surface area contributed by atoms with Gasteiger partial charge in [-0.1, -0.05) is 30.0 Å². The molecule has 1 amide bonds. The van der Waals surface area contributed by atoms with E-state index < -0.39 is 0 Å². The predicted octanol–water partition coefficient (Wildman–Crippen LogP) is 4.49. The second-order valence-electron chi connectivity index (χ2n) is 7.13. The Bertz CT molecular complexity index is 1410. The molecule has 4 rings (SSSR count). The van der Waals surface area contributed by atoms with Crippen LogP contribution < -0.4 is 10.9 Å². The normalized spacial score (nSPS) is 10.9. The first-order chi connectivity index (χ1) is 15.5. The molecular weight excluding hydrogens is 442 g/mol. The first-order valence-electron chi connectivity index (χ1n) is 10.0. The van der Waals surface area contributed by atoms with E-state index in [9.17, 15) is 14.9 Å². The maximum Gasteiger partial charge on any atom is 0.272 e. The Labute approximate surface area is 193 Å². The van der Waals surface area contributed by atoms with Crippen LogP contribution in [0.15, 0.2) is 51.7 Å². The summed E-state index contributed by atoms with van der Waals surface area (Å²) in [4.78, 5) is 30.1. The molecule has 0 saturated heterocycles. The van der Waals surface area contributed by atoms with E-state index in [1.165, 1.54) is 23.1 Å². The van der Waals surface area contributed by atoms with E-state index in [1.807, 2.05) is 67.1 Å². The minimum absolute atomic E-state index is 0.0605. The lowest BCUT2D eigenvalue weighted by atomic mass is 10.2. The van der Waals surface area contributed by atoms with E-state index in [1.54, 1.807) is 4.57 Å². The third-order valence-electron chi connectivity index (χ3n) is 5.28. The number of thiophene rings is 1. The molecule has 162 valence electrons. The third-order valence-corrected chi connectivity index (χ3v) is 7.14. The monoisotopic (exact) mass is 463 g/mol. The van der Waals surface area contributed by atoms with Crippen LogP contribution in [0, 0.1) is 25.2 Å². The lowest BCUT2D eigenvalue weighted by Crippen LogP contribution is -2.23. The number of hydrogen-bond donors (Lipinski definition) is 1. The Balaban J connectivity index is 1.62. The van der Waals surface area contributed by atoms with Crippen molar-refractivity contribution < 1.29 is 4.79 Å². The topological polar surface area (TPSA) is 92.7 Å². The molecule has 0 radical (unpaired) electrons. The number of thioether (sulfide) groups is 1. The number of nitrogens with zero attached hydrogens (tertiary/aromatic N) is 4. The van der Waals surface area contributed by atoms with E-state index in [2.05, 4.69) is 16.4 Å². The number of para-hydroxylation sites is 1. The number of anilines is 1. The van der Waals surface area contributed by atoms with Crippen LogP contribution in [0.4, 0.5) is 5.82 Å². The van der Waals surface area contributed by atoms with E-state index >= 15 is 0 Å². The van der Waals surface area contributed by atoms with Crippen molar-refractivity contribution in [2.24, 2.45) is 0 Å². The maximum absolute atomic E-state index is 12.9. The molecule has 4 aromatic rings. The molecular formula is C23H21N5O2S2. The number of amides is 1. The summed E-state index contributed by atoms with van der Waals surface area (Å²) in [6.07, 6.45) is 0. The zero-order chi connectivity index (χ0) is 22.8. The van der Waals surface area contributed by atoms with Gasteiger partial charge in [0, 0.05) is 17.9 Å². The van der Waals surface area contributed by atoms with Gasteiger partial charge in [0.2, 0.25) is 5.91 Å². The van der Waals surface area contributed by atoms with Crippen LogP contribution in [0.2, 0.25) is 0 Å². The molecule has 0 fully saturated rings. The van der Waals surface area contributed by atoms with Gasteiger partial charge in [-0.15, -0.1) is 11.3 Å². The van der Waals surface area contributed by atoms with Crippen LogP contribution in [0.3, 0.4) is 0 Å². The smallest absolute Gasteiger partial charge is 0.272 e. The Kier molecular flexibility index (Phi) is 6.17. The Morgan fingerprint density at radius 1 is 1.25 bits per heavy atom. The van der Waals surface area contributed by atoms with Gasteiger partial charge in [0.1, 0.15) is 16.6 Å². The van der Waals surface area contributed by atoms with Gasteiger partial charge >= 0.3 is 0 Å². The fourth-order valence-corrected chi connectivity index (χ4v) is 5.21. The van der Waals surface area contributed by atoms with E-state index in [-0.39, 0.29) is 17.2 Å². The van der Waals surface area contributed by atoms with Gasteiger partial charge in [0.15, 0.2) is 5.16 Å². The molecule has 0 spiro atoms. The minimum atomic E-state index is -0.275. The standard InChI is InChI=1S/C23H21N5O2S2/c1-4-27-22(30)20-18(10-11-31-20)25-23(27)32-13-19(29)26-21-17(12-24)14(2)15(3)28(21)16-8-6-5-7-9-16/h5-11H,4,13H2,1-3H3,(H,26,29). The largest absolute Gasteiger partial charge is 0.310 e. The average molecular weight is 464 g/mol. The highest BCUT2D eigenvalue weighted by atomic mass is 32.2. The van der Waals surface area contributed by atoms with Crippen LogP contribution in [0.25, 0.3) is 15.9 Å². The van der Waals surface area contributed by atoms with Crippen LogP contribution in [0.1, 0.15) is 23.7 Å². The lowest BCUT2D eigenvalue weighted by molar-refractivity contribution is -0.113. The van der Waals surface area contributed by atoms with Gasteiger partial charge in [-0.3, -0.25) is 18.7 Å². The predicted molar refractivity (Wildman–Crippen MR) is 129 cm³/mol. The number of nitrogens with one attached hydrogen (secondary N) is 1. The molecule has 9 heteroatoms. The summed E-state index contributed by atoms with van der Waals surface area (Å²) in [7, 11) is 0. The van der Waals surface area contributed by atoms with Crippen molar-refractivity contribution in [2.45, 2.75) is 32.5 Å². The summed E-state index contributed by atoms with van der Waals surface area (Å²) >= 11 is 2.58. The first-order valence-corrected chi connectivity index (χ1v) is 11.9. The molecule has 0 bridgehead atoms. The number of benzene rings is 1. The highest BCUT2D eigenvalue weighted by Crippen LogP contribution is 2.30. The molecule has 0 unspecified atom stereocenters. The molecule has 0 aliphatic carbocycles. The van der Waals surface area contributed by atoms with Gasteiger partial charge in [-0.25, -0.2) is 4.98 Å². The second-order valence-corrected chi connectivity index (χ2v) is 8.99. The summed E-state index contributed by atoms with van der Waals surface area (Å²) in [5.74, 6) is 0.238. The van der Waals surface area contributed by atoms with E-state index in [4.69, 9.17) is 0 Å². The molecule has 0 saturated carbocycles. The number of carbonyl (C=O) groups is 1. The van der Waals surface area contributed by atoms with Crippen molar-refractivity contribution in [1.82, 2.24) is 14.1 Å². The number of hydrogen-bond acceptors (Lipinski definition) is 6. The zero-order valence-electron chi connectivity index (χ0n) is 17.9. The van der Waals surface area contributed by atoms with Crippen LogP contribution in [-0.2, 0) is 11.3 Å². The number of aromatic nitrogens is 3.